The Labute approximate surface area is 52.1 Å². The van der Waals surface area contributed by atoms with Crippen molar-refractivity contribution in [3.63, 3.8) is 0 Å². The van der Waals surface area contributed by atoms with Crippen molar-refractivity contribution in [1.29, 1.82) is 0 Å². The van der Waals surface area contributed by atoms with E-state index in [1.165, 1.54) is 6.92 Å². The minimum absolute atomic E-state index is 0.0486. The zero-order valence-corrected chi connectivity index (χ0v) is 5.16. The summed E-state index contributed by atoms with van der Waals surface area (Å²) < 4.78 is 24.0. The molecule has 0 N–H and O–H groups in total. The molecule has 0 saturated heterocycles. The fraction of sp³-hybridized carbons (Fsp3) is 0.833. The van der Waals surface area contributed by atoms with Gasteiger partial charge in [-0.25, -0.2) is 8.78 Å². The predicted molar refractivity (Wildman–Crippen MR) is 28.4 cm³/mol. The van der Waals surface area contributed by atoms with Gasteiger partial charge in [0.05, 0.1) is 0 Å². The summed E-state index contributed by atoms with van der Waals surface area (Å²) in [4.78, 5) is 10.2. The van der Waals surface area contributed by atoms with E-state index in [0.29, 0.717) is 0 Å². The highest BCUT2D eigenvalue weighted by atomic mass is 19.3. The minimum atomic E-state index is -2.52. The third-order valence-corrected chi connectivity index (χ3v) is 1.49. The standard InChI is InChI=1S/C6H8F2O/c1-4(9)2-5-3-6(5,7)8/h5H,2-3H2,1H3. The third kappa shape index (κ3) is 1.47. The first kappa shape index (κ1) is 6.65. The summed E-state index contributed by atoms with van der Waals surface area (Å²) in [6, 6.07) is 0. The second-order valence-corrected chi connectivity index (χ2v) is 2.57. The molecule has 1 nitrogen and oxygen atoms in total. The molecule has 1 fully saturated rings. The van der Waals surface area contributed by atoms with Crippen molar-refractivity contribution in [3.8, 4) is 0 Å². The minimum Gasteiger partial charge on any atom is -0.300 e. The summed E-state index contributed by atoms with van der Waals surface area (Å²) in [5, 5.41) is 0. The van der Waals surface area contributed by atoms with E-state index in [4.69, 9.17) is 0 Å². The van der Waals surface area contributed by atoms with Crippen LogP contribution in [0.15, 0.2) is 0 Å². The highest BCUT2D eigenvalue weighted by Crippen LogP contribution is 2.50. The van der Waals surface area contributed by atoms with E-state index >= 15 is 0 Å². The van der Waals surface area contributed by atoms with Gasteiger partial charge in [0.25, 0.3) is 5.92 Å². The lowest BCUT2D eigenvalue weighted by Gasteiger charge is -1.90. The van der Waals surface area contributed by atoms with Crippen molar-refractivity contribution in [2.24, 2.45) is 5.92 Å². The predicted octanol–water partition coefficient (Wildman–Crippen LogP) is 1.62. The van der Waals surface area contributed by atoms with E-state index in [0.717, 1.165) is 0 Å². The monoisotopic (exact) mass is 134 g/mol. The lowest BCUT2D eigenvalue weighted by molar-refractivity contribution is -0.117. The number of rotatable bonds is 2. The van der Waals surface area contributed by atoms with Crippen LogP contribution in [0, 0.1) is 5.92 Å². The van der Waals surface area contributed by atoms with E-state index in [1.54, 1.807) is 0 Å². The molecule has 0 aromatic rings. The normalized spacial score (nSPS) is 29.9. The topological polar surface area (TPSA) is 17.1 Å². The van der Waals surface area contributed by atoms with Crippen molar-refractivity contribution in [1.82, 2.24) is 0 Å². The Hall–Kier alpha value is -0.470. The molecule has 1 saturated carbocycles. The van der Waals surface area contributed by atoms with Crippen molar-refractivity contribution in [2.75, 3.05) is 0 Å². The van der Waals surface area contributed by atoms with Crippen molar-refractivity contribution in [2.45, 2.75) is 25.7 Å². The molecule has 0 bridgehead atoms. The van der Waals surface area contributed by atoms with Crippen LogP contribution in [0.3, 0.4) is 0 Å². The Morgan fingerprint density at radius 3 is 2.33 bits per heavy atom. The largest absolute Gasteiger partial charge is 0.300 e. The van der Waals surface area contributed by atoms with E-state index in [1.807, 2.05) is 0 Å². The number of alkyl halides is 2. The van der Waals surface area contributed by atoms with E-state index in [-0.39, 0.29) is 18.6 Å². The van der Waals surface area contributed by atoms with Gasteiger partial charge < -0.3 is 4.79 Å². The molecule has 1 aliphatic carbocycles. The molecule has 1 atom stereocenters. The fourth-order valence-electron chi connectivity index (χ4n) is 0.838. The molecule has 0 aliphatic heterocycles. The molecule has 52 valence electrons. The summed E-state index contributed by atoms with van der Waals surface area (Å²) in [7, 11) is 0. The van der Waals surface area contributed by atoms with E-state index < -0.39 is 11.8 Å². The Kier molecular flexibility index (Phi) is 1.30. The van der Waals surface area contributed by atoms with Gasteiger partial charge in [-0.05, 0) is 6.92 Å². The van der Waals surface area contributed by atoms with Crippen LogP contribution in [0.25, 0.3) is 0 Å². The molecule has 1 unspecified atom stereocenters. The first-order valence-corrected chi connectivity index (χ1v) is 2.89. The maximum absolute atomic E-state index is 12.0. The first-order valence-electron chi connectivity index (χ1n) is 2.89. The number of hydrogen-bond donors (Lipinski definition) is 0. The van der Waals surface area contributed by atoms with Crippen LogP contribution < -0.4 is 0 Å². The summed E-state index contributed by atoms with van der Waals surface area (Å²) >= 11 is 0. The molecular weight excluding hydrogens is 126 g/mol. The maximum Gasteiger partial charge on any atom is 0.252 e. The zero-order valence-electron chi connectivity index (χ0n) is 5.16. The number of carbonyl (C=O) groups is 1. The van der Waals surface area contributed by atoms with Crippen LogP contribution in [0.5, 0.6) is 0 Å². The van der Waals surface area contributed by atoms with Gasteiger partial charge >= 0.3 is 0 Å². The molecule has 0 aromatic heterocycles. The first-order chi connectivity index (χ1) is 4.02. The van der Waals surface area contributed by atoms with Gasteiger partial charge in [0, 0.05) is 18.8 Å². The molecular formula is C6H8F2O. The molecule has 0 amide bonds. The average Bonchev–Trinajstić information content (AvgIpc) is 2.10. The molecule has 0 aromatic carbocycles. The molecule has 0 radical (unpaired) electrons. The molecule has 0 heterocycles. The van der Waals surface area contributed by atoms with Crippen LogP contribution in [0.2, 0.25) is 0 Å². The molecule has 1 aliphatic rings. The van der Waals surface area contributed by atoms with Crippen LogP contribution in [-0.2, 0) is 4.79 Å². The number of Topliss-reactive ketones (excluding diaryl/α,β-unsaturated/α-hetero) is 1. The number of hydrogen-bond acceptors (Lipinski definition) is 1. The van der Waals surface area contributed by atoms with Gasteiger partial charge in [-0.2, -0.15) is 0 Å². The Balaban J connectivity index is 2.28. The van der Waals surface area contributed by atoms with Crippen LogP contribution in [-0.4, -0.2) is 11.7 Å². The second-order valence-electron chi connectivity index (χ2n) is 2.57. The van der Waals surface area contributed by atoms with Gasteiger partial charge in [-0.3, -0.25) is 0 Å². The summed E-state index contributed by atoms with van der Waals surface area (Å²) in [6.45, 7) is 1.34. The van der Waals surface area contributed by atoms with Gasteiger partial charge in [0.2, 0.25) is 0 Å². The molecule has 9 heavy (non-hydrogen) atoms. The van der Waals surface area contributed by atoms with Crippen LogP contribution in [0.1, 0.15) is 19.8 Å². The zero-order chi connectivity index (χ0) is 7.07. The van der Waals surface area contributed by atoms with Gasteiger partial charge in [0.1, 0.15) is 5.78 Å². The number of ketones is 1. The summed E-state index contributed by atoms with van der Waals surface area (Å²) in [5.74, 6) is -3.31. The van der Waals surface area contributed by atoms with Crippen LogP contribution >= 0.6 is 0 Å². The van der Waals surface area contributed by atoms with Crippen molar-refractivity contribution >= 4 is 5.78 Å². The Morgan fingerprint density at radius 1 is 1.78 bits per heavy atom. The number of halogens is 2. The average molecular weight is 134 g/mol. The van der Waals surface area contributed by atoms with Crippen molar-refractivity contribution in [3.05, 3.63) is 0 Å². The highest BCUT2D eigenvalue weighted by Gasteiger charge is 2.56. The van der Waals surface area contributed by atoms with Crippen LogP contribution in [0.4, 0.5) is 8.78 Å². The fourth-order valence-corrected chi connectivity index (χ4v) is 0.838. The smallest absolute Gasteiger partial charge is 0.252 e. The lowest BCUT2D eigenvalue weighted by atomic mass is 10.2. The van der Waals surface area contributed by atoms with Crippen molar-refractivity contribution < 1.29 is 13.6 Å². The van der Waals surface area contributed by atoms with Gasteiger partial charge in [-0.15, -0.1) is 0 Å². The molecule has 3 heteroatoms. The second kappa shape index (κ2) is 1.75. The highest BCUT2D eigenvalue weighted by molar-refractivity contribution is 5.76. The summed E-state index contributed by atoms with van der Waals surface area (Å²) in [5.41, 5.74) is 0. The number of carbonyl (C=O) groups excluding carboxylic acids is 1. The third-order valence-electron chi connectivity index (χ3n) is 1.49. The molecule has 1 rings (SSSR count). The Bertz CT molecular complexity index is 142. The SMILES string of the molecule is CC(=O)CC1CC1(F)F. The Morgan fingerprint density at radius 2 is 2.22 bits per heavy atom. The van der Waals surface area contributed by atoms with E-state index in [2.05, 4.69) is 0 Å². The quantitative estimate of drug-likeness (QED) is 0.560. The van der Waals surface area contributed by atoms with Gasteiger partial charge in [0.15, 0.2) is 0 Å². The van der Waals surface area contributed by atoms with Gasteiger partial charge in [-0.1, -0.05) is 0 Å². The lowest BCUT2D eigenvalue weighted by Crippen LogP contribution is -1.98. The molecule has 0 spiro atoms. The van der Waals surface area contributed by atoms with E-state index in [9.17, 15) is 13.6 Å². The summed E-state index contributed by atoms with van der Waals surface area (Å²) in [6.07, 6.45) is -0.0421. The maximum atomic E-state index is 12.0.